The van der Waals surface area contributed by atoms with E-state index in [1.807, 2.05) is 25.1 Å². The molecule has 0 bridgehead atoms. The Balaban J connectivity index is 2.58. The summed E-state index contributed by atoms with van der Waals surface area (Å²) in [4.78, 5) is 0. The Bertz CT molecular complexity index is 449. The molecule has 0 saturated heterocycles. The fourth-order valence-corrected chi connectivity index (χ4v) is 2.86. The van der Waals surface area contributed by atoms with Crippen LogP contribution < -0.4 is 0 Å². The van der Waals surface area contributed by atoms with Gasteiger partial charge < -0.3 is 5.11 Å². The molecule has 0 saturated carbocycles. The molecule has 2 aromatic rings. The van der Waals surface area contributed by atoms with Crippen LogP contribution in [0.5, 0.6) is 0 Å². The molecule has 14 heavy (non-hydrogen) atoms. The number of fused-ring (bicyclic) bond motifs is 1. The van der Waals surface area contributed by atoms with Gasteiger partial charge in [0.2, 0.25) is 0 Å². The average Bonchev–Trinajstić information content (AvgIpc) is 2.59. The maximum Gasteiger partial charge on any atom is 0.0497 e. The van der Waals surface area contributed by atoms with Gasteiger partial charge in [0.15, 0.2) is 0 Å². The lowest BCUT2D eigenvalue weighted by atomic mass is 10.0. The van der Waals surface area contributed by atoms with E-state index in [0.29, 0.717) is 0 Å². The van der Waals surface area contributed by atoms with Crippen molar-refractivity contribution >= 4 is 33.0 Å². The molecule has 0 aliphatic heterocycles. The van der Waals surface area contributed by atoms with Crippen LogP contribution in [0.25, 0.3) is 10.1 Å². The third-order valence-corrected chi connectivity index (χ3v) is 3.57. The molecule has 1 aromatic carbocycles. The first-order valence-electron chi connectivity index (χ1n) is 4.50. The third kappa shape index (κ3) is 1.65. The molecule has 1 unspecified atom stereocenters. The minimum absolute atomic E-state index is 0.189. The fourth-order valence-electron chi connectivity index (χ4n) is 1.50. The zero-order chi connectivity index (χ0) is 10.1. The van der Waals surface area contributed by atoms with E-state index in [0.717, 1.165) is 5.02 Å². The van der Waals surface area contributed by atoms with Gasteiger partial charge in [-0.3, -0.25) is 0 Å². The lowest BCUT2D eigenvalue weighted by Gasteiger charge is -2.05. The number of rotatable bonds is 2. The van der Waals surface area contributed by atoms with E-state index in [1.165, 1.54) is 15.6 Å². The van der Waals surface area contributed by atoms with Crippen LogP contribution >= 0.6 is 22.9 Å². The summed E-state index contributed by atoms with van der Waals surface area (Å²) < 4.78 is 1.19. The van der Waals surface area contributed by atoms with Crippen molar-refractivity contribution in [1.82, 2.24) is 0 Å². The minimum atomic E-state index is 0.189. The molecule has 1 nitrogen and oxygen atoms in total. The molecule has 0 aliphatic rings. The number of benzene rings is 1. The Morgan fingerprint density at radius 1 is 1.50 bits per heavy atom. The van der Waals surface area contributed by atoms with Crippen molar-refractivity contribution in [3.05, 3.63) is 34.2 Å². The molecular formula is C11H11ClOS. The molecule has 1 aromatic heterocycles. The molecule has 74 valence electrons. The first-order valence-corrected chi connectivity index (χ1v) is 5.75. The first-order chi connectivity index (χ1) is 6.72. The highest BCUT2D eigenvalue weighted by molar-refractivity contribution is 7.17. The van der Waals surface area contributed by atoms with Gasteiger partial charge in [0.1, 0.15) is 0 Å². The summed E-state index contributed by atoms with van der Waals surface area (Å²) in [6.45, 7) is 2.21. The zero-order valence-corrected chi connectivity index (χ0v) is 9.40. The van der Waals surface area contributed by atoms with Crippen LogP contribution in [0, 0.1) is 0 Å². The van der Waals surface area contributed by atoms with Crippen LogP contribution in [-0.2, 0) is 0 Å². The van der Waals surface area contributed by atoms with Crippen LogP contribution in [0.1, 0.15) is 18.4 Å². The van der Waals surface area contributed by atoms with Crippen LogP contribution in [-0.4, -0.2) is 11.7 Å². The lowest BCUT2D eigenvalue weighted by molar-refractivity contribution is 0.274. The summed E-state index contributed by atoms with van der Waals surface area (Å²) in [7, 11) is 0. The maximum atomic E-state index is 9.10. The summed E-state index contributed by atoms with van der Waals surface area (Å²) >= 11 is 7.57. The molecule has 0 amide bonds. The van der Waals surface area contributed by atoms with E-state index in [4.69, 9.17) is 16.7 Å². The fraction of sp³-hybridized carbons (Fsp3) is 0.273. The maximum absolute atomic E-state index is 9.10. The van der Waals surface area contributed by atoms with E-state index in [2.05, 4.69) is 5.38 Å². The topological polar surface area (TPSA) is 20.2 Å². The Hall–Kier alpha value is -0.570. The molecule has 3 heteroatoms. The molecular weight excluding hydrogens is 216 g/mol. The van der Waals surface area contributed by atoms with E-state index < -0.39 is 0 Å². The predicted molar refractivity (Wildman–Crippen MR) is 62.3 cm³/mol. The molecule has 2 rings (SSSR count). The molecule has 1 atom stereocenters. The quantitative estimate of drug-likeness (QED) is 0.829. The zero-order valence-electron chi connectivity index (χ0n) is 7.83. The predicted octanol–water partition coefficient (Wildman–Crippen LogP) is 3.65. The molecule has 0 fully saturated rings. The van der Waals surface area contributed by atoms with Crippen molar-refractivity contribution in [1.29, 1.82) is 0 Å². The largest absolute Gasteiger partial charge is 0.396 e. The second-order valence-corrected chi connectivity index (χ2v) is 4.76. The third-order valence-electron chi connectivity index (χ3n) is 2.37. The van der Waals surface area contributed by atoms with Gasteiger partial charge in [0.05, 0.1) is 0 Å². The van der Waals surface area contributed by atoms with Gasteiger partial charge >= 0.3 is 0 Å². The number of aliphatic hydroxyl groups excluding tert-OH is 1. The van der Waals surface area contributed by atoms with E-state index in [9.17, 15) is 0 Å². The summed E-state index contributed by atoms with van der Waals surface area (Å²) in [6, 6.07) is 5.88. The van der Waals surface area contributed by atoms with Crippen molar-refractivity contribution in [3.63, 3.8) is 0 Å². The minimum Gasteiger partial charge on any atom is -0.396 e. The van der Waals surface area contributed by atoms with Gasteiger partial charge in [-0.25, -0.2) is 0 Å². The summed E-state index contributed by atoms with van der Waals surface area (Å²) in [6.07, 6.45) is 0. The SMILES string of the molecule is CC(CO)c1csc2cc(Cl)ccc12. The Morgan fingerprint density at radius 2 is 2.29 bits per heavy atom. The first kappa shape index (κ1) is 9.97. The highest BCUT2D eigenvalue weighted by Crippen LogP contribution is 2.32. The van der Waals surface area contributed by atoms with Crippen LogP contribution in [0.15, 0.2) is 23.6 Å². The molecule has 1 N–H and O–H groups in total. The molecule has 0 radical (unpaired) electrons. The van der Waals surface area contributed by atoms with E-state index in [-0.39, 0.29) is 12.5 Å². The van der Waals surface area contributed by atoms with Gasteiger partial charge in [0.25, 0.3) is 0 Å². The number of halogens is 1. The number of aliphatic hydroxyl groups is 1. The highest BCUT2D eigenvalue weighted by Gasteiger charge is 2.10. The number of hydrogen-bond donors (Lipinski definition) is 1. The van der Waals surface area contributed by atoms with Crippen molar-refractivity contribution < 1.29 is 5.11 Å². The van der Waals surface area contributed by atoms with Crippen molar-refractivity contribution in [2.45, 2.75) is 12.8 Å². The van der Waals surface area contributed by atoms with Crippen molar-refractivity contribution in [3.8, 4) is 0 Å². The van der Waals surface area contributed by atoms with Gasteiger partial charge in [-0.2, -0.15) is 0 Å². The summed E-state index contributed by atoms with van der Waals surface area (Å²) in [5.41, 5.74) is 1.21. The Morgan fingerprint density at radius 3 is 3.00 bits per heavy atom. The number of thiophene rings is 1. The van der Waals surface area contributed by atoms with Crippen molar-refractivity contribution in [2.75, 3.05) is 6.61 Å². The van der Waals surface area contributed by atoms with Gasteiger partial charge in [-0.05, 0) is 28.5 Å². The smallest absolute Gasteiger partial charge is 0.0497 e. The standard InChI is InChI=1S/C11H11ClOS/c1-7(5-13)10-6-14-11-4-8(12)2-3-9(10)11/h2-4,6-7,13H,5H2,1H3. The average molecular weight is 227 g/mol. The molecule has 1 heterocycles. The number of hydrogen-bond acceptors (Lipinski definition) is 2. The molecule has 0 spiro atoms. The Labute approximate surface area is 91.9 Å². The van der Waals surface area contributed by atoms with Gasteiger partial charge in [-0.1, -0.05) is 24.6 Å². The van der Waals surface area contributed by atoms with Gasteiger partial charge in [-0.15, -0.1) is 11.3 Å². The van der Waals surface area contributed by atoms with E-state index >= 15 is 0 Å². The highest BCUT2D eigenvalue weighted by atomic mass is 35.5. The monoisotopic (exact) mass is 226 g/mol. The summed E-state index contributed by atoms with van der Waals surface area (Å²) in [5, 5.41) is 13.2. The second-order valence-electron chi connectivity index (χ2n) is 3.42. The lowest BCUT2D eigenvalue weighted by Crippen LogP contribution is -1.96. The summed E-state index contributed by atoms with van der Waals surface area (Å²) in [5.74, 6) is 0.199. The van der Waals surface area contributed by atoms with Crippen molar-refractivity contribution in [2.24, 2.45) is 0 Å². The normalized spacial score (nSPS) is 13.4. The van der Waals surface area contributed by atoms with E-state index in [1.54, 1.807) is 11.3 Å². The second kappa shape index (κ2) is 3.89. The van der Waals surface area contributed by atoms with Crippen LogP contribution in [0.3, 0.4) is 0 Å². The van der Waals surface area contributed by atoms with Crippen LogP contribution in [0.2, 0.25) is 5.02 Å². The Kier molecular flexibility index (Phi) is 2.77. The van der Waals surface area contributed by atoms with Gasteiger partial charge in [0, 0.05) is 22.2 Å². The van der Waals surface area contributed by atoms with Crippen LogP contribution in [0.4, 0.5) is 0 Å². The molecule has 0 aliphatic carbocycles.